The lowest BCUT2D eigenvalue weighted by molar-refractivity contribution is -0.133. The molecule has 1 N–H and O–H groups in total. The van der Waals surface area contributed by atoms with Gasteiger partial charge in [-0.05, 0) is 76.7 Å². The molecule has 7 nitrogen and oxygen atoms in total. The van der Waals surface area contributed by atoms with Gasteiger partial charge in [0.25, 0.3) is 15.9 Å². The number of amides is 1. The first-order chi connectivity index (χ1) is 17.5. The molecule has 3 rings (SSSR count). The molecule has 0 spiro atoms. The predicted molar refractivity (Wildman–Crippen MR) is 136 cm³/mol. The summed E-state index contributed by atoms with van der Waals surface area (Å²) < 4.78 is 63.4. The fraction of sp³-hybridized carbons (Fsp3) is 0.481. The number of hydrogen-bond donors (Lipinski definition) is 1. The molecule has 0 aliphatic heterocycles. The van der Waals surface area contributed by atoms with E-state index in [0.717, 1.165) is 18.1 Å². The summed E-state index contributed by atoms with van der Waals surface area (Å²) in [5, 5.41) is 9.65. The first-order valence-corrected chi connectivity index (χ1v) is 13.9. The second kappa shape index (κ2) is 12.5. The van der Waals surface area contributed by atoms with Crippen molar-refractivity contribution in [1.29, 1.82) is 5.26 Å². The highest BCUT2D eigenvalue weighted by Gasteiger charge is 2.41. The number of benzene rings is 2. The summed E-state index contributed by atoms with van der Waals surface area (Å²) in [5.41, 5.74) is -1.53. The van der Waals surface area contributed by atoms with Gasteiger partial charge in [0.2, 0.25) is 0 Å². The maximum Gasteiger partial charge on any atom is 0.271 e. The lowest BCUT2D eigenvalue weighted by atomic mass is 9.86. The van der Waals surface area contributed by atoms with Gasteiger partial charge < -0.3 is 9.64 Å². The number of sulfonamides is 1. The Morgan fingerprint density at radius 3 is 2.46 bits per heavy atom. The number of rotatable bonds is 11. The van der Waals surface area contributed by atoms with E-state index in [0.29, 0.717) is 44.7 Å². The minimum Gasteiger partial charge on any atom is -0.486 e. The van der Waals surface area contributed by atoms with Gasteiger partial charge in [-0.25, -0.2) is 21.9 Å². The van der Waals surface area contributed by atoms with E-state index in [-0.39, 0.29) is 24.2 Å². The van der Waals surface area contributed by atoms with Crippen molar-refractivity contribution in [2.45, 2.75) is 68.0 Å². The molecule has 1 unspecified atom stereocenters. The van der Waals surface area contributed by atoms with E-state index in [2.05, 4.69) is 0 Å². The normalized spacial score (nSPS) is 16.1. The van der Waals surface area contributed by atoms with Crippen molar-refractivity contribution in [1.82, 2.24) is 9.62 Å². The average Bonchev–Trinajstić information content (AvgIpc) is 2.87. The van der Waals surface area contributed by atoms with Crippen molar-refractivity contribution in [3.05, 3.63) is 59.4 Å². The van der Waals surface area contributed by atoms with E-state index in [4.69, 9.17) is 4.74 Å². The van der Waals surface area contributed by atoms with E-state index in [1.807, 2.05) is 49.3 Å². The van der Waals surface area contributed by atoms with Crippen LogP contribution in [0.2, 0.25) is 0 Å². The van der Waals surface area contributed by atoms with E-state index >= 15 is 4.39 Å². The van der Waals surface area contributed by atoms with Crippen molar-refractivity contribution in [2.75, 3.05) is 20.6 Å². The molecule has 0 aromatic heterocycles. The number of hydrogen-bond acceptors (Lipinski definition) is 6. The second-order valence-corrected chi connectivity index (χ2v) is 11.4. The largest absolute Gasteiger partial charge is 0.486 e. The van der Waals surface area contributed by atoms with Crippen LogP contribution in [0.4, 0.5) is 8.78 Å². The fourth-order valence-corrected chi connectivity index (χ4v) is 5.42. The highest BCUT2D eigenvalue weighted by atomic mass is 32.2. The van der Waals surface area contributed by atoms with Crippen LogP contribution in [-0.4, -0.2) is 51.6 Å². The predicted octanol–water partition coefficient (Wildman–Crippen LogP) is 4.51. The molecule has 1 aliphatic rings. The Balaban J connectivity index is 1.81. The Labute approximate surface area is 217 Å². The van der Waals surface area contributed by atoms with E-state index in [1.54, 1.807) is 10.8 Å². The zero-order valence-corrected chi connectivity index (χ0v) is 22.0. The number of alkyl halides is 1. The third-order valence-electron chi connectivity index (χ3n) is 6.51. The third-order valence-corrected chi connectivity index (χ3v) is 7.82. The molecule has 1 fully saturated rings. The van der Waals surface area contributed by atoms with Gasteiger partial charge in [0, 0.05) is 6.54 Å². The minimum absolute atomic E-state index is 0.0732. The molecule has 1 aliphatic carbocycles. The van der Waals surface area contributed by atoms with Crippen molar-refractivity contribution in [3.63, 3.8) is 0 Å². The summed E-state index contributed by atoms with van der Waals surface area (Å²) in [7, 11) is -0.806. The van der Waals surface area contributed by atoms with Crippen molar-refractivity contribution in [2.24, 2.45) is 0 Å². The number of carbonyl (C=O) groups is 1. The lowest BCUT2D eigenvalue weighted by Crippen LogP contribution is -2.46. The average molecular weight is 534 g/mol. The molecule has 0 saturated heterocycles. The van der Waals surface area contributed by atoms with Crippen molar-refractivity contribution < 1.29 is 26.7 Å². The molecule has 200 valence electrons. The van der Waals surface area contributed by atoms with Gasteiger partial charge in [0.15, 0.2) is 17.2 Å². The van der Waals surface area contributed by atoms with Gasteiger partial charge in [0.05, 0.1) is 10.5 Å². The Hall–Kier alpha value is -3.03. The van der Waals surface area contributed by atoms with Crippen LogP contribution in [0.1, 0.15) is 56.1 Å². The number of halogens is 2. The van der Waals surface area contributed by atoms with Gasteiger partial charge in [-0.2, -0.15) is 5.26 Å². The fourth-order valence-electron chi connectivity index (χ4n) is 4.34. The molecule has 0 heterocycles. The molecule has 1 amide bonds. The van der Waals surface area contributed by atoms with E-state index in [9.17, 15) is 22.9 Å². The quantitative estimate of drug-likeness (QED) is 0.456. The number of carbonyl (C=O) groups excluding carboxylic acids is 1. The van der Waals surface area contributed by atoms with Crippen LogP contribution < -0.4 is 9.46 Å². The van der Waals surface area contributed by atoms with Crippen molar-refractivity contribution >= 4 is 15.9 Å². The molecule has 2 aromatic carbocycles. The van der Waals surface area contributed by atoms with Gasteiger partial charge >= 0.3 is 0 Å². The zero-order chi connectivity index (χ0) is 27.1. The standard InChI is InChI=1S/C27H33F2N3O4S/c1-32(2)16-13-22(12-11-20-9-5-3-6-10-20)36-25-21(19-30)17-23(18-24(25)28)37(34,35)31-26(33)27(29)14-7-4-8-15-27/h3,5-6,9-10,17-18,22H,4,7-8,11-16H2,1-2H3,(H,31,33). The van der Waals surface area contributed by atoms with Crippen LogP contribution in [0.3, 0.4) is 0 Å². The summed E-state index contributed by atoms with van der Waals surface area (Å²) in [5.74, 6) is -2.66. The van der Waals surface area contributed by atoms with Crippen molar-refractivity contribution in [3.8, 4) is 11.8 Å². The number of nitrogens with one attached hydrogen (secondary N) is 1. The highest BCUT2D eigenvalue weighted by Crippen LogP contribution is 2.33. The van der Waals surface area contributed by atoms with Crippen LogP contribution in [0.5, 0.6) is 5.75 Å². The maximum absolute atomic E-state index is 15.2. The monoisotopic (exact) mass is 533 g/mol. The minimum atomic E-state index is -4.61. The first-order valence-electron chi connectivity index (χ1n) is 12.4. The smallest absolute Gasteiger partial charge is 0.271 e. The summed E-state index contributed by atoms with van der Waals surface area (Å²) in [6.45, 7) is 0.659. The number of nitrogens with zero attached hydrogens (tertiary/aromatic N) is 2. The SMILES string of the molecule is CN(C)CCC(CCc1ccccc1)Oc1c(F)cc(S(=O)(=O)NC(=O)C2(F)CCCCC2)cc1C#N. The molecule has 0 radical (unpaired) electrons. The number of nitriles is 1. The molecule has 1 saturated carbocycles. The lowest BCUT2D eigenvalue weighted by Gasteiger charge is -2.27. The van der Waals surface area contributed by atoms with Crippen LogP contribution in [0.25, 0.3) is 0 Å². The molecular formula is C27H33F2N3O4S. The van der Waals surface area contributed by atoms with E-state index < -0.39 is 38.4 Å². The molecule has 10 heteroatoms. The van der Waals surface area contributed by atoms with Gasteiger partial charge in [-0.3, -0.25) is 4.79 Å². The first kappa shape index (κ1) is 28.5. The highest BCUT2D eigenvalue weighted by molar-refractivity contribution is 7.90. The molecule has 0 bridgehead atoms. The second-order valence-electron chi connectivity index (χ2n) is 9.71. The van der Waals surface area contributed by atoms with E-state index in [1.165, 1.54) is 0 Å². The van der Waals surface area contributed by atoms with Crippen LogP contribution >= 0.6 is 0 Å². The molecular weight excluding hydrogens is 500 g/mol. The van der Waals surface area contributed by atoms with Gasteiger partial charge in [-0.15, -0.1) is 0 Å². The van der Waals surface area contributed by atoms with Gasteiger partial charge in [-0.1, -0.05) is 36.8 Å². The Kier molecular flexibility index (Phi) is 9.62. The van der Waals surface area contributed by atoms with Crippen LogP contribution in [0.15, 0.2) is 47.4 Å². The third kappa shape index (κ3) is 7.73. The molecule has 1 atom stereocenters. The zero-order valence-electron chi connectivity index (χ0n) is 21.2. The summed E-state index contributed by atoms with van der Waals surface area (Å²) in [6, 6.07) is 13.2. The Morgan fingerprint density at radius 1 is 1.16 bits per heavy atom. The number of aryl methyl sites for hydroxylation is 1. The molecule has 2 aromatic rings. The Morgan fingerprint density at radius 2 is 1.84 bits per heavy atom. The summed E-state index contributed by atoms with van der Waals surface area (Å²) in [6.07, 6.45) is 2.91. The maximum atomic E-state index is 15.2. The molecule has 37 heavy (non-hydrogen) atoms. The Bertz CT molecular complexity index is 1220. The summed E-state index contributed by atoms with van der Waals surface area (Å²) >= 11 is 0. The van der Waals surface area contributed by atoms with Crippen LogP contribution in [0, 0.1) is 17.1 Å². The van der Waals surface area contributed by atoms with Gasteiger partial charge in [0.1, 0.15) is 12.2 Å². The number of ether oxygens (including phenoxy) is 1. The summed E-state index contributed by atoms with van der Waals surface area (Å²) in [4.78, 5) is 13.7. The van der Waals surface area contributed by atoms with Crippen LogP contribution in [-0.2, 0) is 21.2 Å². The topological polar surface area (TPSA) is 99.5 Å².